The van der Waals surface area contributed by atoms with Crippen molar-refractivity contribution in [3.05, 3.63) is 64.1 Å². The smallest absolute Gasteiger partial charge is 0.407 e. The van der Waals surface area contributed by atoms with Gasteiger partial charge in [0.2, 0.25) is 11.8 Å². The molecule has 32 heavy (non-hydrogen) atoms. The molecule has 2 aromatic rings. The summed E-state index contributed by atoms with van der Waals surface area (Å²) in [5, 5.41) is 8.29. The molecule has 0 unspecified atom stereocenters. The molecule has 0 bridgehead atoms. The lowest BCUT2D eigenvalue weighted by Gasteiger charge is -2.19. The van der Waals surface area contributed by atoms with E-state index in [1.807, 2.05) is 48.5 Å². The Bertz CT molecular complexity index is 924. The molecule has 0 aromatic heterocycles. The predicted octanol–water partition coefficient (Wildman–Crippen LogP) is 4.55. The highest BCUT2D eigenvalue weighted by Crippen LogP contribution is 2.16. The summed E-state index contributed by atoms with van der Waals surface area (Å²) in [6, 6.07) is 15.2. The van der Waals surface area contributed by atoms with Gasteiger partial charge >= 0.3 is 6.09 Å². The molecule has 7 nitrogen and oxygen atoms in total. The van der Waals surface area contributed by atoms with Gasteiger partial charge in [-0.3, -0.25) is 9.59 Å². The van der Waals surface area contributed by atoms with Crippen molar-refractivity contribution in [1.82, 2.24) is 10.6 Å². The Morgan fingerprint density at radius 3 is 2.28 bits per heavy atom. The average molecular weight is 504 g/mol. The van der Waals surface area contributed by atoms with Crippen LogP contribution in [-0.2, 0) is 27.3 Å². The lowest BCUT2D eigenvalue weighted by molar-refractivity contribution is -0.121. The molecular weight excluding hydrogens is 474 g/mol. The van der Waals surface area contributed by atoms with Gasteiger partial charge in [0.1, 0.15) is 5.60 Å². The Kier molecular flexibility index (Phi) is 9.71. The highest BCUT2D eigenvalue weighted by molar-refractivity contribution is 9.10. The maximum atomic E-state index is 12.4. The minimum absolute atomic E-state index is 0.0896. The number of anilines is 1. The number of halogens is 1. The van der Waals surface area contributed by atoms with Crippen LogP contribution in [0.2, 0.25) is 0 Å². The molecule has 0 spiro atoms. The fourth-order valence-corrected chi connectivity index (χ4v) is 3.06. The Hall–Kier alpha value is -2.87. The van der Waals surface area contributed by atoms with E-state index < -0.39 is 11.7 Å². The number of amides is 3. The summed E-state index contributed by atoms with van der Waals surface area (Å²) in [6.45, 7) is 5.77. The molecule has 0 saturated heterocycles. The molecule has 172 valence electrons. The first-order valence-electron chi connectivity index (χ1n) is 10.5. The summed E-state index contributed by atoms with van der Waals surface area (Å²) in [5.74, 6) is -0.300. The van der Waals surface area contributed by atoms with E-state index in [0.29, 0.717) is 18.5 Å². The molecule has 0 aliphatic rings. The number of carbonyl (C=O) groups excluding carboxylic acids is 3. The molecule has 0 atom stereocenters. The third-order valence-electron chi connectivity index (χ3n) is 4.34. The number of nitrogens with one attached hydrogen (secondary N) is 3. The van der Waals surface area contributed by atoms with Crippen LogP contribution in [0.1, 0.15) is 44.7 Å². The summed E-state index contributed by atoms with van der Waals surface area (Å²) in [7, 11) is 0. The molecule has 0 saturated carbocycles. The van der Waals surface area contributed by atoms with Gasteiger partial charge in [-0.25, -0.2) is 4.79 Å². The molecule has 2 rings (SSSR count). The van der Waals surface area contributed by atoms with Gasteiger partial charge < -0.3 is 20.7 Å². The second kappa shape index (κ2) is 12.2. The molecule has 2 aromatic carbocycles. The molecule has 3 amide bonds. The van der Waals surface area contributed by atoms with E-state index in [9.17, 15) is 14.4 Å². The zero-order chi connectivity index (χ0) is 23.6. The van der Waals surface area contributed by atoms with Gasteiger partial charge in [0.15, 0.2) is 0 Å². The van der Waals surface area contributed by atoms with Gasteiger partial charge in [0.05, 0.1) is 0 Å². The second-order valence-corrected chi connectivity index (χ2v) is 9.20. The van der Waals surface area contributed by atoms with E-state index >= 15 is 0 Å². The van der Waals surface area contributed by atoms with Gasteiger partial charge in [-0.05, 0) is 56.5 Å². The summed E-state index contributed by atoms with van der Waals surface area (Å²) in [4.78, 5) is 36.1. The van der Waals surface area contributed by atoms with Gasteiger partial charge in [-0.2, -0.15) is 0 Å². The normalized spacial score (nSPS) is 10.9. The summed E-state index contributed by atoms with van der Waals surface area (Å²) in [5.41, 5.74) is 1.97. The molecule has 0 heterocycles. The minimum Gasteiger partial charge on any atom is -0.444 e. The molecule has 3 N–H and O–H groups in total. The number of hydrogen-bond donors (Lipinski definition) is 3. The monoisotopic (exact) mass is 503 g/mol. The van der Waals surface area contributed by atoms with Crippen molar-refractivity contribution in [2.45, 2.75) is 52.2 Å². The number of aryl methyl sites for hydroxylation is 1. The maximum absolute atomic E-state index is 12.4. The van der Waals surface area contributed by atoms with E-state index in [1.165, 1.54) is 0 Å². The molecule has 8 heteroatoms. The Morgan fingerprint density at radius 2 is 1.59 bits per heavy atom. The largest absolute Gasteiger partial charge is 0.444 e. The lowest BCUT2D eigenvalue weighted by atomic mass is 10.1. The second-order valence-electron chi connectivity index (χ2n) is 8.29. The third-order valence-corrected chi connectivity index (χ3v) is 4.87. The van der Waals surface area contributed by atoms with Crippen molar-refractivity contribution in [3.8, 4) is 0 Å². The number of alkyl carbamates (subject to hydrolysis) is 1. The van der Waals surface area contributed by atoms with Crippen LogP contribution in [-0.4, -0.2) is 30.1 Å². The van der Waals surface area contributed by atoms with Crippen molar-refractivity contribution < 1.29 is 19.1 Å². The van der Waals surface area contributed by atoms with Gasteiger partial charge in [0, 0.05) is 36.1 Å². The van der Waals surface area contributed by atoms with E-state index in [2.05, 4.69) is 31.9 Å². The zero-order valence-corrected chi connectivity index (χ0v) is 20.3. The predicted molar refractivity (Wildman–Crippen MR) is 128 cm³/mol. The van der Waals surface area contributed by atoms with Crippen molar-refractivity contribution in [3.63, 3.8) is 0 Å². The first kappa shape index (κ1) is 25.4. The van der Waals surface area contributed by atoms with Crippen LogP contribution in [0.15, 0.2) is 53.0 Å². The standard InChI is InChI=1S/C24H30BrN3O4/c1-24(2,3)32-23(31)26-15-14-21(29)27-16-18-6-4-5-7-20(18)28-22(30)13-10-17-8-11-19(25)12-9-17/h4-9,11-12H,10,13-16H2,1-3H3,(H,26,31)(H,27,29)(H,28,30). The summed E-state index contributed by atoms with van der Waals surface area (Å²) >= 11 is 3.40. The number of rotatable bonds is 9. The highest BCUT2D eigenvalue weighted by Gasteiger charge is 2.16. The lowest BCUT2D eigenvalue weighted by Crippen LogP contribution is -2.35. The van der Waals surface area contributed by atoms with Crippen molar-refractivity contribution >= 4 is 39.5 Å². The molecule has 0 fully saturated rings. The maximum Gasteiger partial charge on any atom is 0.407 e. The van der Waals surface area contributed by atoms with Crippen LogP contribution in [0, 0.1) is 0 Å². The third kappa shape index (κ3) is 9.96. The van der Waals surface area contributed by atoms with Crippen molar-refractivity contribution in [2.24, 2.45) is 0 Å². The van der Waals surface area contributed by atoms with Crippen molar-refractivity contribution in [2.75, 3.05) is 11.9 Å². The first-order valence-corrected chi connectivity index (χ1v) is 11.3. The van der Waals surface area contributed by atoms with Gasteiger partial charge in [-0.1, -0.05) is 46.3 Å². The Labute approximate surface area is 197 Å². The minimum atomic E-state index is -0.585. The number of benzene rings is 2. The van der Waals surface area contributed by atoms with Crippen LogP contribution in [0.3, 0.4) is 0 Å². The van der Waals surface area contributed by atoms with Gasteiger partial charge in [0.25, 0.3) is 0 Å². The van der Waals surface area contributed by atoms with Crippen LogP contribution < -0.4 is 16.0 Å². The SMILES string of the molecule is CC(C)(C)OC(=O)NCCC(=O)NCc1ccccc1NC(=O)CCc1ccc(Br)cc1. The molecular formula is C24H30BrN3O4. The fraction of sp³-hybridized carbons (Fsp3) is 0.375. The van der Waals surface area contributed by atoms with Crippen molar-refractivity contribution in [1.29, 1.82) is 0 Å². The molecule has 0 radical (unpaired) electrons. The number of hydrogen-bond acceptors (Lipinski definition) is 4. The first-order chi connectivity index (χ1) is 15.1. The van der Waals surface area contributed by atoms with Gasteiger partial charge in [-0.15, -0.1) is 0 Å². The fourth-order valence-electron chi connectivity index (χ4n) is 2.79. The topological polar surface area (TPSA) is 96.5 Å². The highest BCUT2D eigenvalue weighted by atomic mass is 79.9. The van der Waals surface area contributed by atoms with E-state index in [0.717, 1.165) is 15.6 Å². The number of ether oxygens (including phenoxy) is 1. The molecule has 0 aliphatic heterocycles. The quantitative estimate of drug-likeness (QED) is 0.467. The van der Waals surface area contributed by atoms with E-state index in [4.69, 9.17) is 4.74 Å². The number of carbonyl (C=O) groups is 3. The van der Waals surface area contributed by atoms with Crippen LogP contribution in [0.25, 0.3) is 0 Å². The van der Waals surface area contributed by atoms with E-state index in [-0.39, 0.29) is 31.3 Å². The van der Waals surface area contributed by atoms with E-state index in [1.54, 1.807) is 20.8 Å². The van der Waals surface area contributed by atoms with Crippen LogP contribution >= 0.6 is 15.9 Å². The summed E-state index contributed by atoms with van der Waals surface area (Å²) < 4.78 is 6.13. The molecule has 0 aliphatic carbocycles. The Morgan fingerprint density at radius 1 is 0.906 bits per heavy atom. The zero-order valence-electron chi connectivity index (χ0n) is 18.7. The number of para-hydroxylation sites is 1. The Balaban J connectivity index is 1.77. The summed E-state index contributed by atoms with van der Waals surface area (Å²) in [6.07, 6.45) is 0.573. The average Bonchev–Trinajstić information content (AvgIpc) is 2.71. The van der Waals surface area contributed by atoms with Crippen LogP contribution in [0.5, 0.6) is 0 Å². The van der Waals surface area contributed by atoms with Crippen LogP contribution in [0.4, 0.5) is 10.5 Å².